The summed E-state index contributed by atoms with van der Waals surface area (Å²) in [6.07, 6.45) is 17.9. The smallest absolute Gasteiger partial charge is 0.0267 e. The lowest BCUT2D eigenvalue weighted by molar-refractivity contribution is 0.145. The summed E-state index contributed by atoms with van der Waals surface area (Å²) in [6, 6.07) is 0.540. The second-order valence-corrected chi connectivity index (χ2v) is 7.80. The van der Waals surface area contributed by atoms with E-state index in [2.05, 4.69) is 26.2 Å². The van der Waals surface area contributed by atoms with Crippen molar-refractivity contribution >= 4 is 0 Å². The summed E-state index contributed by atoms with van der Waals surface area (Å²) in [5.41, 5.74) is 3.69. The van der Waals surface area contributed by atoms with Crippen molar-refractivity contribution in [2.45, 2.75) is 110 Å². The maximum Gasteiger partial charge on any atom is 0.0267 e. The zero-order chi connectivity index (χ0) is 15.6. The Morgan fingerprint density at radius 1 is 0.952 bits per heavy atom. The van der Waals surface area contributed by atoms with Crippen LogP contribution in [0.25, 0.3) is 0 Å². The summed E-state index contributed by atoms with van der Waals surface area (Å²) in [5, 5.41) is 0. The Hall–Kier alpha value is -0.0800. The zero-order valence-corrected chi connectivity index (χ0v) is 14.9. The monoisotopic (exact) mass is 296 g/mol. The summed E-state index contributed by atoms with van der Waals surface area (Å²) in [5.74, 6) is 6.73. The van der Waals surface area contributed by atoms with Gasteiger partial charge in [0.1, 0.15) is 0 Å². The standard InChI is InChI=1S/C19H40N2/c1-4-5-6-7-8-9-10-13-18(21-20)19(16-17(2)3)14-11-12-15-19/h17-18,21H,4-16,20H2,1-3H3. The van der Waals surface area contributed by atoms with Gasteiger partial charge in [-0.3, -0.25) is 11.3 Å². The highest BCUT2D eigenvalue weighted by atomic mass is 15.2. The lowest BCUT2D eigenvalue weighted by atomic mass is 9.71. The van der Waals surface area contributed by atoms with Crippen LogP contribution < -0.4 is 11.3 Å². The molecular weight excluding hydrogens is 256 g/mol. The normalized spacial score (nSPS) is 19.3. The first-order chi connectivity index (χ1) is 10.1. The van der Waals surface area contributed by atoms with Crippen LogP contribution in [-0.4, -0.2) is 6.04 Å². The maximum atomic E-state index is 5.94. The lowest BCUT2D eigenvalue weighted by Crippen LogP contribution is -2.48. The first kappa shape index (κ1) is 19.0. The van der Waals surface area contributed by atoms with Gasteiger partial charge < -0.3 is 0 Å². The summed E-state index contributed by atoms with van der Waals surface area (Å²) in [4.78, 5) is 0. The second kappa shape index (κ2) is 10.6. The summed E-state index contributed by atoms with van der Waals surface area (Å²) < 4.78 is 0. The molecule has 126 valence electrons. The third-order valence-electron chi connectivity index (χ3n) is 5.45. The molecule has 0 heterocycles. The molecule has 1 aliphatic rings. The molecule has 0 aromatic carbocycles. The van der Waals surface area contributed by atoms with Crippen LogP contribution in [-0.2, 0) is 0 Å². The van der Waals surface area contributed by atoms with Crippen molar-refractivity contribution in [3.05, 3.63) is 0 Å². The molecule has 1 atom stereocenters. The van der Waals surface area contributed by atoms with E-state index < -0.39 is 0 Å². The fraction of sp³-hybridized carbons (Fsp3) is 1.00. The number of hydrazine groups is 1. The lowest BCUT2D eigenvalue weighted by Gasteiger charge is -2.39. The first-order valence-corrected chi connectivity index (χ1v) is 9.60. The minimum Gasteiger partial charge on any atom is -0.271 e. The van der Waals surface area contributed by atoms with Crippen LogP contribution in [0.3, 0.4) is 0 Å². The Morgan fingerprint density at radius 3 is 2.05 bits per heavy atom. The van der Waals surface area contributed by atoms with E-state index >= 15 is 0 Å². The molecule has 1 aliphatic carbocycles. The first-order valence-electron chi connectivity index (χ1n) is 9.60. The topological polar surface area (TPSA) is 38.0 Å². The van der Waals surface area contributed by atoms with Crippen molar-refractivity contribution in [2.24, 2.45) is 17.2 Å². The minimum atomic E-state index is 0.491. The Morgan fingerprint density at radius 2 is 1.52 bits per heavy atom. The van der Waals surface area contributed by atoms with Gasteiger partial charge in [0.05, 0.1) is 0 Å². The number of unbranched alkanes of at least 4 members (excludes halogenated alkanes) is 6. The highest BCUT2D eigenvalue weighted by molar-refractivity contribution is 4.94. The van der Waals surface area contributed by atoms with Crippen molar-refractivity contribution in [3.63, 3.8) is 0 Å². The van der Waals surface area contributed by atoms with Gasteiger partial charge in [-0.25, -0.2) is 0 Å². The fourth-order valence-corrected chi connectivity index (χ4v) is 4.46. The molecule has 0 amide bonds. The molecule has 1 saturated carbocycles. The van der Waals surface area contributed by atoms with Crippen LogP contribution in [0.5, 0.6) is 0 Å². The molecule has 21 heavy (non-hydrogen) atoms. The summed E-state index contributed by atoms with van der Waals surface area (Å²) in [6.45, 7) is 7.01. The third kappa shape index (κ3) is 6.69. The minimum absolute atomic E-state index is 0.491. The van der Waals surface area contributed by atoms with Crippen molar-refractivity contribution in [1.29, 1.82) is 0 Å². The van der Waals surface area contributed by atoms with E-state index in [0.717, 1.165) is 5.92 Å². The van der Waals surface area contributed by atoms with Gasteiger partial charge in [-0.1, -0.05) is 78.6 Å². The van der Waals surface area contributed by atoms with Crippen molar-refractivity contribution in [2.75, 3.05) is 0 Å². The largest absolute Gasteiger partial charge is 0.271 e. The molecule has 0 spiro atoms. The molecule has 0 radical (unpaired) electrons. The molecule has 3 N–H and O–H groups in total. The van der Waals surface area contributed by atoms with Crippen molar-refractivity contribution in [3.8, 4) is 0 Å². The highest BCUT2D eigenvalue weighted by Gasteiger charge is 2.40. The number of rotatable bonds is 12. The van der Waals surface area contributed by atoms with Gasteiger partial charge in [0, 0.05) is 6.04 Å². The molecule has 0 aliphatic heterocycles. The van der Waals surface area contributed by atoms with Crippen molar-refractivity contribution < 1.29 is 0 Å². The predicted molar refractivity (Wildman–Crippen MR) is 94.1 cm³/mol. The maximum absolute atomic E-state index is 5.94. The number of nitrogens with one attached hydrogen (secondary N) is 1. The number of hydrogen-bond acceptors (Lipinski definition) is 2. The van der Waals surface area contributed by atoms with Gasteiger partial charge in [0.15, 0.2) is 0 Å². The Balaban J connectivity index is 2.31. The number of nitrogens with two attached hydrogens (primary N) is 1. The SMILES string of the molecule is CCCCCCCCCC(NN)C1(CC(C)C)CCCC1. The van der Waals surface area contributed by atoms with Crippen LogP contribution in [0, 0.1) is 11.3 Å². The van der Waals surface area contributed by atoms with Crippen LogP contribution in [0.1, 0.15) is 104 Å². The predicted octanol–water partition coefficient (Wildman–Crippen LogP) is 5.57. The fourth-order valence-electron chi connectivity index (χ4n) is 4.46. The van der Waals surface area contributed by atoms with Gasteiger partial charge in [-0.2, -0.15) is 0 Å². The van der Waals surface area contributed by atoms with E-state index in [-0.39, 0.29) is 0 Å². The van der Waals surface area contributed by atoms with E-state index in [0.29, 0.717) is 11.5 Å². The second-order valence-electron chi connectivity index (χ2n) is 7.80. The van der Waals surface area contributed by atoms with E-state index in [1.165, 1.54) is 83.5 Å². The van der Waals surface area contributed by atoms with Crippen LogP contribution >= 0.6 is 0 Å². The van der Waals surface area contributed by atoms with E-state index in [1.807, 2.05) is 0 Å². The van der Waals surface area contributed by atoms with Crippen LogP contribution in [0.15, 0.2) is 0 Å². The highest BCUT2D eigenvalue weighted by Crippen LogP contribution is 2.47. The summed E-state index contributed by atoms with van der Waals surface area (Å²) >= 11 is 0. The van der Waals surface area contributed by atoms with Gasteiger partial charge in [-0.15, -0.1) is 0 Å². The van der Waals surface area contributed by atoms with E-state index in [1.54, 1.807) is 0 Å². The van der Waals surface area contributed by atoms with Crippen LogP contribution in [0.4, 0.5) is 0 Å². The molecule has 1 unspecified atom stereocenters. The van der Waals surface area contributed by atoms with Crippen molar-refractivity contribution in [1.82, 2.24) is 5.43 Å². The molecule has 0 aromatic rings. The zero-order valence-electron chi connectivity index (χ0n) is 14.9. The molecule has 0 aromatic heterocycles. The number of hydrogen-bond donors (Lipinski definition) is 2. The van der Waals surface area contributed by atoms with E-state index in [9.17, 15) is 0 Å². The van der Waals surface area contributed by atoms with Crippen LogP contribution in [0.2, 0.25) is 0 Å². The van der Waals surface area contributed by atoms with Gasteiger partial charge in [0.2, 0.25) is 0 Å². The molecule has 1 fully saturated rings. The Kier molecular flexibility index (Phi) is 9.59. The Bertz CT molecular complexity index is 244. The molecule has 1 rings (SSSR count). The molecule has 0 bridgehead atoms. The molecule has 0 saturated heterocycles. The Labute approximate surface area is 133 Å². The average molecular weight is 297 g/mol. The average Bonchev–Trinajstić information content (AvgIpc) is 2.90. The van der Waals surface area contributed by atoms with Gasteiger partial charge in [0.25, 0.3) is 0 Å². The molecular formula is C19H40N2. The summed E-state index contributed by atoms with van der Waals surface area (Å²) in [7, 11) is 0. The molecule has 2 nitrogen and oxygen atoms in total. The third-order valence-corrected chi connectivity index (χ3v) is 5.45. The van der Waals surface area contributed by atoms with Gasteiger partial charge >= 0.3 is 0 Å². The van der Waals surface area contributed by atoms with Gasteiger partial charge in [-0.05, 0) is 37.0 Å². The van der Waals surface area contributed by atoms with E-state index in [4.69, 9.17) is 5.84 Å². The molecule has 2 heteroatoms. The quantitative estimate of drug-likeness (QED) is 0.281.